The maximum absolute atomic E-state index is 12.7. The molecule has 0 unspecified atom stereocenters. The lowest BCUT2D eigenvalue weighted by atomic mass is 10.1. The highest BCUT2D eigenvalue weighted by molar-refractivity contribution is 7.98. The van der Waals surface area contributed by atoms with Gasteiger partial charge in [0.05, 0.1) is 5.02 Å². The lowest BCUT2D eigenvalue weighted by Crippen LogP contribution is -2.13. The summed E-state index contributed by atoms with van der Waals surface area (Å²) in [4.78, 5) is 13.8. The van der Waals surface area contributed by atoms with Crippen molar-refractivity contribution in [1.82, 2.24) is 5.16 Å². The van der Waals surface area contributed by atoms with Gasteiger partial charge in [-0.05, 0) is 43.5 Å². The summed E-state index contributed by atoms with van der Waals surface area (Å²) in [5.41, 5.74) is 2.20. The molecule has 1 N–H and O–H groups in total. The van der Waals surface area contributed by atoms with Gasteiger partial charge in [-0.2, -0.15) is 0 Å². The average Bonchev–Trinajstić information content (AvgIpc) is 2.97. The first-order valence-corrected chi connectivity index (χ1v) is 8.87. The van der Waals surface area contributed by atoms with Crippen molar-refractivity contribution in [2.75, 3.05) is 11.6 Å². The fraction of sp³-hybridized carbons (Fsp3) is 0.111. The summed E-state index contributed by atoms with van der Waals surface area (Å²) < 4.78 is 5.23. The third-order valence-corrected chi connectivity index (χ3v) is 4.64. The molecule has 0 aliphatic carbocycles. The van der Waals surface area contributed by atoms with E-state index >= 15 is 0 Å². The fourth-order valence-corrected chi connectivity index (χ4v) is 2.98. The van der Waals surface area contributed by atoms with E-state index in [4.69, 9.17) is 16.1 Å². The van der Waals surface area contributed by atoms with Gasteiger partial charge in [0.15, 0.2) is 0 Å². The van der Waals surface area contributed by atoms with E-state index in [1.807, 2.05) is 48.7 Å². The molecule has 24 heavy (non-hydrogen) atoms. The molecular formula is C18H15ClN2O2S. The molecule has 3 aromatic rings. The molecule has 0 aliphatic heterocycles. The van der Waals surface area contributed by atoms with Crippen LogP contribution in [0.2, 0.25) is 5.02 Å². The average molecular weight is 359 g/mol. The van der Waals surface area contributed by atoms with Crippen molar-refractivity contribution in [2.24, 2.45) is 0 Å². The molecule has 0 spiro atoms. The number of aromatic nitrogens is 1. The van der Waals surface area contributed by atoms with Crippen LogP contribution in [0.3, 0.4) is 0 Å². The van der Waals surface area contributed by atoms with Crippen molar-refractivity contribution in [3.8, 4) is 11.3 Å². The van der Waals surface area contributed by atoms with Crippen LogP contribution in [0.25, 0.3) is 11.3 Å². The summed E-state index contributed by atoms with van der Waals surface area (Å²) in [6.07, 6.45) is 2.00. The summed E-state index contributed by atoms with van der Waals surface area (Å²) in [5, 5.41) is 7.41. The third kappa shape index (κ3) is 3.32. The molecule has 0 atom stereocenters. The van der Waals surface area contributed by atoms with E-state index in [1.54, 1.807) is 24.8 Å². The number of thioether (sulfide) groups is 1. The van der Waals surface area contributed by atoms with E-state index < -0.39 is 0 Å². The Balaban J connectivity index is 1.93. The number of nitrogens with one attached hydrogen (secondary N) is 1. The Hall–Kier alpha value is -2.24. The summed E-state index contributed by atoms with van der Waals surface area (Å²) in [7, 11) is 0. The molecule has 6 heteroatoms. The van der Waals surface area contributed by atoms with E-state index in [-0.39, 0.29) is 5.91 Å². The minimum atomic E-state index is -0.277. The number of halogens is 1. The molecule has 0 aliphatic rings. The molecule has 0 radical (unpaired) electrons. The number of benzene rings is 2. The topological polar surface area (TPSA) is 55.1 Å². The van der Waals surface area contributed by atoms with Gasteiger partial charge in [0.1, 0.15) is 17.0 Å². The van der Waals surface area contributed by atoms with Crippen molar-refractivity contribution in [3.05, 3.63) is 64.9 Å². The number of hydrogen-bond donors (Lipinski definition) is 1. The van der Waals surface area contributed by atoms with Gasteiger partial charge in [-0.1, -0.05) is 35.0 Å². The maximum Gasteiger partial charge on any atom is 0.261 e. The molecule has 0 fully saturated rings. The highest BCUT2D eigenvalue weighted by Gasteiger charge is 2.23. The monoisotopic (exact) mass is 358 g/mol. The van der Waals surface area contributed by atoms with Crippen LogP contribution >= 0.6 is 23.4 Å². The van der Waals surface area contributed by atoms with Crippen LogP contribution in [-0.2, 0) is 0 Å². The molecule has 1 amide bonds. The second-order valence-corrected chi connectivity index (χ2v) is 6.41. The maximum atomic E-state index is 12.7. The zero-order valence-corrected chi connectivity index (χ0v) is 14.7. The van der Waals surface area contributed by atoms with Crippen LogP contribution in [0.4, 0.5) is 5.69 Å². The van der Waals surface area contributed by atoms with Gasteiger partial charge in [0.25, 0.3) is 5.91 Å². The van der Waals surface area contributed by atoms with Crippen LogP contribution in [0.5, 0.6) is 0 Å². The van der Waals surface area contributed by atoms with Gasteiger partial charge in [-0.15, -0.1) is 11.8 Å². The molecule has 1 heterocycles. The van der Waals surface area contributed by atoms with Gasteiger partial charge in [-0.3, -0.25) is 4.79 Å². The lowest BCUT2D eigenvalue weighted by Gasteiger charge is -2.07. The number of aryl methyl sites for hydroxylation is 1. The summed E-state index contributed by atoms with van der Waals surface area (Å²) in [6, 6.07) is 14.9. The zero-order valence-electron chi connectivity index (χ0n) is 13.2. The van der Waals surface area contributed by atoms with Gasteiger partial charge in [-0.25, -0.2) is 0 Å². The van der Waals surface area contributed by atoms with Crippen molar-refractivity contribution in [1.29, 1.82) is 0 Å². The number of nitrogens with zero attached hydrogens (tertiary/aromatic N) is 1. The smallest absolute Gasteiger partial charge is 0.261 e. The van der Waals surface area contributed by atoms with Crippen LogP contribution in [0, 0.1) is 6.92 Å². The Kier molecular flexibility index (Phi) is 4.92. The molecule has 4 nitrogen and oxygen atoms in total. The van der Waals surface area contributed by atoms with E-state index in [0.717, 1.165) is 4.90 Å². The minimum absolute atomic E-state index is 0.277. The first-order chi connectivity index (χ1) is 11.6. The normalized spacial score (nSPS) is 10.6. The molecule has 0 saturated heterocycles. The van der Waals surface area contributed by atoms with Crippen LogP contribution in [0.15, 0.2) is 57.9 Å². The van der Waals surface area contributed by atoms with Gasteiger partial charge in [0, 0.05) is 16.1 Å². The first-order valence-electron chi connectivity index (χ1n) is 7.26. The third-order valence-electron chi connectivity index (χ3n) is 3.57. The van der Waals surface area contributed by atoms with E-state index in [1.165, 1.54) is 0 Å². The van der Waals surface area contributed by atoms with E-state index in [2.05, 4.69) is 10.5 Å². The second kappa shape index (κ2) is 7.11. The first kappa shape index (κ1) is 16.6. The molecule has 0 bridgehead atoms. The number of amides is 1. The summed E-state index contributed by atoms with van der Waals surface area (Å²) in [6.45, 7) is 1.71. The van der Waals surface area contributed by atoms with Crippen molar-refractivity contribution in [2.45, 2.75) is 11.8 Å². The molecule has 2 aromatic carbocycles. The number of anilines is 1. The number of carbonyl (C=O) groups excluding carboxylic acids is 1. The van der Waals surface area contributed by atoms with Crippen molar-refractivity contribution < 1.29 is 9.32 Å². The largest absolute Gasteiger partial charge is 0.360 e. The minimum Gasteiger partial charge on any atom is -0.360 e. The lowest BCUT2D eigenvalue weighted by molar-refractivity contribution is 0.102. The molecular weight excluding hydrogens is 344 g/mol. The fourth-order valence-electron chi connectivity index (χ4n) is 2.34. The number of hydrogen-bond acceptors (Lipinski definition) is 4. The molecule has 122 valence electrons. The number of carbonyl (C=O) groups is 1. The SMILES string of the molecule is CSc1ccc(NC(=O)c2c(-c3ccccc3Cl)noc2C)cc1. The molecule has 0 saturated carbocycles. The van der Waals surface area contributed by atoms with Crippen LogP contribution in [-0.4, -0.2) is 17.3 Å². The number of rotatable bonds is 4. The summed E-state index contributed by atoms with van der Waals surface area (Å²) >= 11 is 7.87. The zero-order chi connectivity index (χ0) is 17.1. The second-order valence-electron chi connectivity index (χ2n) is 5.12. The van der Waals surface area contributed by atoms with Crippen LogP contribution in [0.1, 0.15) is 16.1 Å². The Labute approximate surface area is 149 Å². The quantitative estimate of drug-likeness (QED) is 0.645. The standard InChI is InChI=1S/C18H15ClN2O2S/c1-11-16(17(21-23-11)14-5-3-4-6-15(14)19)18(22)20-12-7-9-13(24-2)10-8-12/h3-10H,1-2H3,(H,20,22). The van der Waals surface area contributed by atoms with E-state index in [9.17, 15) is 4.79 Å². The summed E-state index contributed by atoms with van der Waals surface area (Å²) in [5.74, 6) is 0.170. The molecule has 1 aromatic heterocycles. The van der Waals surface area contributed by atoms with Crippen molar-refractivity contribution >= 4 is 35.0 Å². The van der Waals surface area contributed by atoms with E-state index in [0.29, 0.717) is 33.3 Å². The highest BCUT2D eigenvalue weighted by Crippen LogP contribution is 2.31. The van der Waals surface area contributed by atoms with Gasteiger partial charge >= 0.3 is 0 Å². The Morgan fingerprint density at radius 1 is 1.17 bits per heavy atom. The Morgan fingerprint density at radius 2 is 1.88 bits per heavy atom. The predicted molar refractivity (Wildman–Crippen MR) is 97.9 cm³/mol. The van der Waals surface area contributed by atoms with Gasteiger partial charge in [0.2, 0.25) is 0 Å². The Bertz CT molecular complexity index is 875. The van der Waals surface area contributed by atoms with Crippen LogP contribution < -0.4 is 5.32 Å². The Morgan fingerprint density at radius 3 is 2.54 bits per heavy atom. The predicted octanol–water partition coefficient (Wildman–Crippen LogP) is 5.28. The molecule has 3 rings (SSSR count). The van der Waals surface area contributed by atoms with Gasteiger partial charge < -0.3 is 9.84 Å². The highest BCUT2D eigenvalue weighted by atomic mass is 35.5. The van der Waals surface area contributed by atoms with Crippen molar-refractivity contribution in [3.63, 3.8) is 0 Å².